The third-order valence-electron chi connectivity index (χ3n) is 6.08. The van der Waals surface area contributed by atoms with Crippen molar-refractivity contribution in [1.82, 2.24) is 20.4 Å². The molecular formula is C26H32N4O3. The van der Waals surface area contributed by atoms with Gasteiger partial charge in [0.2, 0.25) is 11.7 Å². The summed E-state index contributed by atoms with van der Waals surface area (Å²) < 4.78 is 10.7. The fraction of sp³-hybridized carbons (Fsp3) is 0.423. The molecule has 1 aromatic heterocycles. The molecule has 0 unspecified atom stereocenters. The van der Waals surface area contributed by atoms with Crippen molar-refractivity contribution < 1.29 is 14.1 Å². The Morgan fingerprint density at radius 2 is 1.85 bits per heavy atom. The lowest BCUT2D eigenvalue weighted by Gasteiger charge is -2.32. The lowest BCUT2D eigenvalue weighted by atomic mass is 9.96. The number of hydrogen-bond donors (Lipinski definition) is 1. The summed E-state index contributed by atoms with van der Waals surface area (Å²) in [5.41, 5.74) is 3.29. The molecule has 0 spiro atoms. The Hall–Kier alpha value is -3.19. The predicted octanol–water partition coefficient (Wildman–Crippen LogP) is 4.16. The Bertz CT molecular complexity index is 1020. The average molecular weight is 449 g/mol. The van der Waals surface area contributed by atoms with E-state index in [0.717, 1.165) is 32.5 Å². The summed E-state index contributed by atoms with van der Waals surface area (Å²) in [6, 6.07) is 15.9. The molecule has 7 heteroatoms. The largest absolute Gasteiger partial charge is 0.485 e. The third kappa shape index (κ3) is 6.65. The van der Waals surface area contributed by atoms with Gasteiger partial charge in [0, 0.05) is 25.1 Å². The summed E-state index contributed by atoms with van der Waals surface area (Å²) in [7, 11) is 0. The van der Waals surface area contributed by atoms with Crippen molar-refractivity contribution in [3.8, 4) is 5.75 Å². The second kappa shape index (κ2) is 11.1. The van der Waals surface area contributed by atoms with Gasteiger partial charge < -0.3 is 14.6 Å². The van der Waals surface area contributed by atoms with Gasteiger partial charge in [-0.3, -0.25) is 9.69 Å². The van der Waals surface area contributed by atoms with E-state index in [-0.39, 0.29) is 12.5 Å². The molecule has 7 nitrogen and oxygen atoms in total. The van der Waals surface area contributed by atoms with Crippen molar-refractivity contribution in [3.05, 3.63) is 76.9 Å². The van der Waals surface area contributed by atoms with Crippen LogP contribution in [-0.4, -0.2) is 40.6 Å². The zero-order chi connectivity index (χ0) is 23.0. The van der Waals surface area contributed by atoms with Crippen molar-refractivity contribution in [2.24, 2.45) is 5.92 Å². The van der Waals surface area contributed by atoms with Crippen LogP contribution in [0.2, 0.25) is 0 Å². The monoisotopic (exact) mass is 448 g/mol. The van der Waals surface area contributed by atoms with Gasteiger partial charge in [0.05, 0.1) is 0 Å². The fourth-order valence-electron chi connectivity index (χ4n) is 3.98. The second-order valence-corrected chi connectivity index (χ2v) is 8.69. The smallest absolute Gasteiger partial charge is 0.251 e. The average Bonchev–Trinajstić information content (AvgIpc) is 3.32. The van der Waals surface area contributed by atoms with Gasteiger partial charge in [-0.25, -0.2) is 0 Å². The highest BCUT2D eigenvalue weighted by Gasteiger charge is 2.20. The van der Waals surface area contributed by atoms with Crippen molar-refractivity contribution in [3.63, 3.8) is 0 Å². The number of carbonyl (C=O) groups is 1. The van der Waals surface area contributed by atoms with Crippen LogP contribution in [0, 0.1) is 12.8 Å². The first-order chi connectivity index (χ1) is 16.1. The summed E-state index contributed by atoms with van der Waals surface area (Å²) in [5.74, 6) is 2.25. The number of rotatable bonds is 9. The number of likely N-dealkylation sites (tertiary alicyclic amines) is 1. The summed E-state index contributed by atoms with van der Waals surface area (Å²) in [4.78, 5) is 19.3. The van der Waals surface area contributed by atoms with Crippen LogP contribution in [0.5, 0.6) is 5.75 Å². The number of nitrogens with zero attached hydrogens (tertiary/aromatic N) is 3. The Morgan fingerprint density at radius 1 is 1.12 bits per heavy atom. The van der Waals surface area contributed by atoms with Gasteiger partial charge in [-0.2, -0.15) is 4.98 Å². The quantitative estimate of drug-likeness (QED) is 0.529. The van der Waals surface area contributed by atoms with Crippen LogP contribution in [0.1, 0.15) is 53.0 Å². The van der Waals surface area contributed by atoms with Gasteiger partial charge in [-0.1, -0.05) is 41.9 Å². The number of carbonyl (C=O) groups excluding carboxylic acids is 1. The van der Waals surface area contributed by atoms with Gasteiger partial charge in [0.1, 0.15) is 5.75 Å². The first-order valence-corrected chi connectivity index (χ1v) is 11.7. The van der Waals surface area contributed by atoms with Crippen LogP contribution in [0.3, 0.4) is 0 Å². The molecule has 1 N–H and O–H groups in total. The number of hydrogen-bond acceptors (Lipinski definition) is 6. The molecule has 0 bridgehead atoms. The third-order valence-corrected chi connectivity index (χ3v) is 6.08. The molecule has 174 valence electrons. The molecule has 1 aliphatic rings. The van der Waals surface area contributed by atoms with Crippen LogP contribution in [0.15, 0.2) is 53.1 Å². The van der Waals surface area contributed by atoms with Crippen LogP contribution < -0.4 is 10.1 Å². The number of amides is 1. The van der Waals surface area contributed by atoms with E-state index in [1.165, 1.54) is 11.1 Å². The van der Waals surface area contributed by atoms with E-state index in [1.807, 2.05) is 6.92 Å². The van der Waals surface area contributed by atoms with Crippen molar-refractivity contribution in [2.45, 2.75) is 46.3 Å². The molecule has 33 heavy (non-hydrogen) atoms. The summed E-state index contributed by atoms with van der Waals surface area (Å²) >= 11 is 0. The summed E-state index contributed by atoms with van der Waals surface area (Å²) in [5, 5.41) is 6.96. The highest BCUT2D eigenvalue weighted by atomic mass is 16.5. The topological polar surface area (TPSA) is 80.5 Å². The van der Waals surface area contributed by atoms with Crippen LogP contribution in [0.4, 0.5) is 0 Å². The van der Waals surface area contributed by atoms with Gasteiger partial charge >= 0.3 is 0 Å². The first kappa shape index (κ1) is 23.0. The maximum atomic E-state index is 12.6. The summed E-state index contributed by atoms with van der Waals surface area (Å²) in [6.45, 7) is 8.16. The molecule has 1 saturated heterocycles. The highest BCUT2D eigenvalue weighted by molar-refractivity contribution is 5.94. The zero-order valence-electron chi connectivity index (χ0n) is 19.4. The Labute approximate surface area is 195 Å². The van der Waals surface area contributed by atoms with Crippen molar-refractivity contribution >= 4 is 5.91 Å². The number of ether oxygens (including phenoxy) is 1. The molecule has 0 atom stereocenters. The lowest BCUT2D eigenvalue weighted by molar-refractivity contribution is 0.0935. The molecule has 3 aromatic rings. The predicted molar refractivity (Wildman–Crippen MR) is 126 cm³/mol. The minimum Gasteiger partial charge on any atom is -0.485 e. The van der Waals surface area contributed by atoms with E-state index in [9.17, 15) is 4.79 Å². The lowest BCUT2D eigenvalue weighted by Crippen LogP contribution is -2.38. The fourth-order valence-corrected chi connectivity index (χ4v) is 3.98. The van der Waals surface area contributed by atoms with Gasteiger partial charge in [-0.05, 0) is 68.6 Å². The number of aromatic nitrogens is 2. The van der Waals surface area contributed by atoms with E-state index in [4.69, 9.17) is 9.26 Å². The Morgan fingerprint density at radius 3 is 2.52 bits per heavy atom. The molecule has 2 aromatic carbocycles. The maximum absolute atomic E-state index is 12.6. The first-order valence-electron chi connectivity index (χ1n) is 11.7. The van der Waals surface area contributed by atoms with Crippen LogP contribution in [0.25, 0.3) is 0 Å². The molecule has 0 aliphatic carbocycles. The van der Waals surface area contributed by atoms with Crippen LogP contribution >= 0.6 is 0 Å². The van der Waals surface area contributed by atoms with E-state index < -0.39 is 0 Å². The highest BCUT2D eigenvalue weighted by Crippen LogP contribution is 2.19. The van der Waals surface area contributed by atoms with E-state index in [2.05, 4.69) is 51.5 Å². The maximum Gasteiger partial charge on any atom is 0.251 e. The minimum absolute atomic E-state index is 0.0469. The normalized spacial score (nSPS) is 14.8. The summed E-state index contributed by atoms with van der Waals surface area (Å²) in [6.07, 6.45) is 2.91. The molecule has 4 rings (SSSR count). The van der Waals surface area contributed by atoms with E-state index in [0.29, 0.717) is 41.9 Å². The van der Waals surface area contributed by atoms with Gasteiger partial charge in [0.25, 0.3) is 5.91 Å². The molecule has 0 saturated carbocycles. The van der Waals surface area contributed by atoms with Crippen LogP contribution in [-0.2, 0) is 19.6 Å². The minimum atomic E-state index is -0.0469. The molecular weight excluding hydrogens is 416 g/mol. The Kier molecular flexibility index (Phi) is 7.73. The van der Waals surface area contributed by atoms with Gasteiger partial charge in [-0.15, -0.1) is 0 Å². The van der Waals surface area contributed by atoms with Gasteiger partial charge in [0.15, 0.2) is 6.61 Å². The molecule has 2 heterocycles. The molecule has 1 aliphatic heterocycles. The SMILES string of the molecule is CCc1nc(COc2ccc(C(=O)NCC3CCN(Cc4ccc(C)cc4)CC3)cc2)no1. The molecule has 1 amide bonds. The number of benzene rings is 2. The number of piperidine rings is 1. The van der Waals surface area contributed by atoms with Crippen molar-refractivity contribution in [2.75, 3.05) is 19.6 Å². The van der Waals surface area contributed by atoms with Crippen molar-refractivity contribution in [1.29, 1.82) is 0 Å². The molecule has 1 fully saturated rings. The standard InChI is InChI=1S/C26H32N4O3/c1-3-25-28-24(29-33-25)18-32-23-10-8-22(9-11-23)26(31)27-16-20-12-14-30(15-13-20)17-21-6-4-19(2)5-7-21/h4-11,20H,3,12-18H2,1-2H3,(H,27,31). The zero-order valence-corrected chi connectivity index (χ0v) is 19.4. The van der Waals surface area contributed by atoms with E-state index >= 15 is 0 Å². The second-order valence-electron chi connectivity index (χ2n) is 8.69. The molecule has 0 radical (unpaired) electrons. The number of nitrogens with one attached hydrogen (secondary N) is 1. The van der Waals surface area contributed by atoms with E-state index in [1.54, 1.807) is 24.3 Å². The Balaban J connectivity index is 1.17. The number of aryl methyl sites for hydroxylation is 2.